The van der Waals surface area contributed by atoms with Gasteiger partial charge >= 0.3 is 0 Å². The van der Waals surface area contributed by atoms with Crippen LogP contribution in [-0.2, 0) is 0 Å². The molecule has 2 nitrogen and oxygen atoms in total. The molecule has 4 atom stereocenters. The van der Waals surface area contributed by atoms with Gasteiger partial charge in [0.2, 0.25) is 0 Å². The fraction of sp³-hybridized carbons (Fsp3) is 1.00. The molecule has 0 amide bonds. The second-order valence-electron chi connectivity index (χ2n) is 6.10. The van der Waals surface area contributed by atoms with Crippen molar-refractivity contribution < 1.29 is 5.11 Å². The van der Waals surface area contributed by atoms with E-state index in [1.54, 1.807) is 0 Å². The average Bonchev–Trinajstić information content (AvgIpc) is 2.76. The van der Waals surface area contributed by atoms with Crippen LogP contribution >= 0.6 is 0 Å². The number of nitrogens with zero attached hydrogens (tertiary/aromatic N) is 1. The van der Waals surface area contributed by atoms with Crippen molar-refractivity contribution in [2.75, 3.05) is 6.54 Å². The Labute approximate surface area is 106 Å². The van der Waals surface area contributed by atoms with Gasteiger partial charge in [-0.2, -0.15) is 0 Å². The van der Waals surface area contributed by atoms with Gasteiger partial charge in [-0.25, -0.2) is 0 Å². The summed E-state index contributed by atoms with van der Waals surface area (Å²) in [6.45, 7) is 5.91. The Bertz CT molecular complexity index is 231. The number of aliphatic hydroxyl groups is 1. The smallest absolute Gasteiger partial charge is 0.0583 e. The zero-order valence-electron chi connectivity index (χ0n) is 11.6. The number of piperidine rings is 1. The van der Waals surface area contributed by atoms with Gasteiger partial charge in [-0.1, -0.05) is 26.2 Å². The topological polar surface area (TPSA) is 23.5 Å². The summed E-state index contributed by atoms with van der Waals surface area (Å²) < 4.78 is 0. The highest BCUT2D eigenvalue weighted by Gasteiger charge is 2.38. The van der Waals surface area contributed by atoms with Crippen molar-refractivity contribution in [1.82, 2.24) is 4.90 Å². The summed E-state index contributed by atoms with van der Waals surface area (Å²) in [5.74, 6) is 0.564. The van der Waals surface area contributed by atoms with Gasteiger partial charge in [0, 0.05) is 18.0 Å². The van der Waals surface area contributed by atoms with Crippen LogP contribution in [0.1, 0.15) is 65.2 Å². The lowest BCUT2D eigenvalue weighted by molar-refractivity contribution is 0.0135. The average molecular weight is 239 g/mol. The minimum atomic E-state index is -0.0190. The first-order valence-corrected chi connectivity index (χ1v) is 7.67. The van der Waals surface area contributed by atoms with Crippen molar-refractivity contribution >= 4 is 0 Å². The second kappa shape index (κ2) is 6.19. The SMILES string of the molecule is CCCC(C)N1CCCCC1C1CCCC1O. The monoisotopic (exact) mass is 239 g/mol. The predicted octanol–water partition coefficient (Wildman–Crippen LogP) is 3.19. The summed E-state index contributed by atoms with van der Waals surface area (Å²) in [5, 5.41) is 10.1. The van der Waals surface area contributed by atoms with Crippen LogP contribution in [0.15, 0.2) is 0 Å². The van der Waals surface area contributed by atoms with Crippen LogP contribution in [0, 0.1) is 5.92 Å². The third-order valence-electron chi connectivity index (χ3n) is 4.89. The first kappa shape index (κ1) is 13.4. The van der Waals surface area contributed by atoms with Gasteiger partial charge in [-0.05, 0) is 45.6 Å². The van der Waals surface area contributed by atoms with E-state index in [0.29, 0.717) is 18.0 Å². The molecule has 4 unspecified atom stereocenters. The largest absolute Gasteiger partial charge is 0.393 e. The Morgan fingerprint density at radius 2 is 2.00 bits per heavy atom. The van der Waals surface area contributed by atoms with Crippen molar-refractivity contribution in [3.63, 3.8) is 0 Å². The molecule has 0 aromatic heterocycles. The first-order chi connectivity index (χ1) is 8.24. The maximum absolute atomic E-state index is 10.1. The van der Waals surface area contributed by atoms with Crippen LogP contribution in [0.3, 0.4) is 0 Å². The fourth-order valence-electron chi connectivity index (χ4n) is 3.99. The normalized spacial score (nSPS) is 37.2. The van der Waals surface area contributed by atoms with E-state index in [0.717, 1.165) is 6.42 Å². The van der Waals surface area contributed by atoms with Crippen molar-refractivity contribution in [3.05, 3.63) is 0 Å². The van der Waals surface area contributed by atoms with Crippen LogP contribution in [0.25, 0.3) is 0 Å². The molecule has 1 saturated carbocycles. The van der Waals surface area contributed by atoms with Crippen molar-refractivity contribution in [1.29, 1.82) is 0 Å². The standard InChI is InChI=1S/C15H29NO/c1-3-7-12(2)16-11-5-4-9-14(16)13-8-6-10-15(13)17/h12-15,17H,3-11H2,1-2H3. The molecule has 0 aromatic carbocycles. The van der Waals surface area contributed by atoms with E-state index < -0.39 is 0 Å². The molecule has 2 rings (SSSR count). The molecule has 2 heteroatoms. The Morgan fingerprint density at radius 1 is 1.18 bits per heavy atom. The molecule has 0 spiro atoms. The predicted molar refractivity (Wildman–Crippen MR) is 72.1 cm³/mol. The van der Waals surface area contributed by atoms with E-state index in [9.17, 15) is 5.11 Å². The van der Waals surface area contributed by atoms with Crippen LogP contribution in [-0.4, -0.2) is 34.7 Å². The van der Waals surface area contributed by atoms with E-state index >= 15 is 0 Å². The van der Waals surface area contributed by atoms with Gasteiger partial charge in [0.05, 0.1) is 6.10 Å². The summed E-state index contributed by atoms with van der Waals surface area (Å²) in [7, 11) is 0. The Kier molecular flexibility index (Phi) is 4.87. The number of likely N-dealkylation sites (tertiary alicyclic amines) is 1. The molecule has 100 valence electrons. The minimum absolute atomic E-state index is 0.0190. The lowest BCUT2D eigenvalue weighted by Gasteiger charge is -2.43. The molecular weight excluding hydrogens is 210 g/mol. The lowest BCUT2D eigenvalue weighted by atomic mass is 9.86. The molecule has 1 N–H and O–H groups in total. The van der Waals surface area contributed by atoms with Crippen LogP contribution < -0.4 is 0 Å². The van der Waals surface area contributed by atoms with Crippen molar-refractivity contribution in [2.24, 2.45) is 5.92 Å². The lowest BCUT2D eigenvalue weighted by Crippen LogP contribution is -2.50. The molecule has 0 bridgehead atoms. The molecule has 1 aliphatic heterocycles. The maximum atomic E-state index is 10.1. The Balaban J connectivity index is 2.00. The highest BCUT2D eigenvalue weighted by Crippen LogP contribution is 2.36. The highest BCUT2D eigenvalue weighted by atomic mass is 16.3. The molecule has 1 heterocycles. The van der Waals surface area contributed by atoms with Crippen molar-refractivity contribution in [2.45, 2.75) is 83.4 Å². The molecule has 1 aliphatic carbocycles. The zero-order chi connectivity index (χ0) is 12.3. The zero-order valence-corrected chi connectivity index (χ0v) is 11.6. The van der Waals surface area contributed by atoms with Crippen LogP contribution in [0.5, 0.6) is 0 Å². The van der Waals surface area contributed by atoms with Gasteiger partial charge in [-0.3, -0.25) is 4.90 Å². The number of aliphatic hydroxyl groups excluding tert-OH is 1. The number of hydrogen-bond donors (Lipinski definition) is 1. The van der Waals surface area contributed by atoms with Crippen molar-refractivity contribution in [3.8, 4) is 0 Å². The van der Waals surface area contributed by atoms with E-state index in [1.165, 1.54) is 51.5 Å². The van der Waals surface area contributed by atoms with Gasteiger partial charge in [0.1, 0.15) is 0 Å². The first-order valence-electron chi connectivity index (χ1n) is 7.67. The maximum Gasteiger partial charge on any atom is 0.0583 e. The third kappa shape index (κ3) is 3.03. The summed E-state index contributed by atoms with van der Waals surface area (Å²) in [6.07, 6.45) is 10.1. The molecule has 17 heavy (non-hydrogen) atoms. The minimum Gasteiger partial charge on any atom is -0.393 e. The molecule has 1 saturated heterocycles. The van der Waals surface area contributed by atoms with Gasteiger partial charge in [0.25, 0.3) is 0 Å². The number of rotatable bonds is 4. The van der Waals surface area contributed by atoms with E-state index in [4.69, 9.17) is 0 Å². The van der Waals surface area contributed by atoms with E-state index in [2.05, 4.69) is 18.7 Å². The van der Waals surface area contributed by atoms with Gasteiger partial charge in [0.15, 0.2) is 0 Å². The summed E-state index contributed by atoms with van der Waals surface area (Å²) in [6, 6.07) is 1.38. The summed E-state index contributed by atoms with van der Waals surface area (Å²) in [4.78, 5) is 2.71. The molecule has 0 aromatic rings. The Hall–Kier alpha value is -0.0800. The second-order valence-corrected chi connectivity index (χ2v) is 6.10. The highest BCUT2D eigenvalue weighted by molar-refractivity contribution is 4.91. The summed E-state index contributed by atoms with van der Waals surface area (Å²) >= 11 is 0. The quantitative estimate of drug-likeness (QED) is 0.814. The molecular formula is C15H29NO. The third-order valence-corrected chi connectivity index (χ3v) is 4.89. The fourth-order valence-corrected chi connectivity index (χ4v) is 3.99. The van der Waals surface area contributed by atoms with Gasteiger partial charge < -0.3 is 5.11 Å². The van der Waals surface area contributed by atoms with Crippen LogP contribution in [0.2, 0.25) is 0 Å². The van der Waals surface area contributed by atoms with E-state index in [1.807, 2.05) is 0 Å². The molecule has 2 fully saturated rings. The van der Waals surface area contributed by atoms with E-state index in [-0.39, 0.29) is 6.10 Å². The van der Waals surface area contributed by atoms with Crippen LogP contribution in [0.4, 0.5) is 0 Å². The Morgan fingerprint density at radius 3 is 2.65 bits per heavy atom. The molecule has 2 aliphatic rings. The molecule has 0 radical (unpaired) electrons. The summed E-state index contributed by atoms with van der Waals surface area (Å²) in [5.41, 5.74) is 0. The van der Waals surface area contributed by atoms with Gasteiger partial charge in [-0.15, -0.1) is 0 Å². The number of hydrogen-bond acceptors (Lipinski definition) is 2.